The van der Waals surface area contributed by atoms with Gasteiger partial charge in [-0.3, -0.25) is 9.69 Å². The van der Waals surface area contributed by atoms with Crippen LogP contribution < -0.4 is 9.47 Å². The molecule has 1 fully saturated rings. The summed E-state index contributed by atoms with van der Waals surface area (Å²) in [5, 5.41) is 0. The Balaban J connectivity index is 1.51. The molecule has 1 saturated heterocycles. The second kappa shape index (κ2) is 10.7. The van der Waals surface area contributed by atoms with Crippen molar-refractivity contribution < 1.29 is 14.3 Å². The minimum absolute atomic E-state index is 0.0771. The molecule has 0 aliphatic carbocycles. The highest BCUT2D eigenvalue weighted by Gasteiger charge is 2.32. The van der Waals surface area contributed by atoms with Crippen LogP contribution in [-0.4, -0.2) is 21.7 Å². The Morgan fingerprint density at radius 3 is 2.48 bits per heavy atom. The predicted octanol–water partition coefficient (Wildman–Crippen LogP) is 6.37. The number of amides is 1. The van der Waals surface area contributed by atoms with Crippen LogP contribution in [0.4, 0.5) is 0 Å². The molecular formula is C27H25NO3S2. The maximum Gasteiger partial charge on any atom is 0.266 e. The first kappa shape index (κ1) is 23.1. The average molecular weight is 476 g/mol. The SMILES string of the molecule is CCOc1cc(/C=C2/SC(=S)N(Cc3ccccc3)C2=O)ccc1OCc1ccccc1C. The summed E-state index contributed by atoms with van der Waals surface area (Å²) in [7, 11) is 0. The van der Waals surface area contributed by atoms with Crippen LogP contribution in [0.2, 0.25) is 0 Å². The second-order valence-electron chi connectivity index (χ2n) is 7.61. The number of thioether (sulfide) groups is 1. The van der Waals surface area contributed by atoms with Gasteiger partial charge in [-0.05, 0) is 54.3 Å². The quantitative estimate of drug-likeness (QED) is 0.279. The summed E-state index contributed by atoms with van der Waals surface area (Å²) in [4.78, 5) is 15.2. The van der Waals surface area contributed by atoms with Crippen molar-refractivity contribution in [2.75, 3.05) is 6.61 Å². The summed E-state index contributed by atoms with van der Waals surface area (Å²) >= 11 is 6.80. The summed E-state index contributed by atoms with van der Waals surface area (Å²) in [6, 6.07) is 23.7. The molecule has 1 aliphatic heterocycles. The van der Waals surface area contributed by atoms with Crippen molar-refractivity contribution in [1.82, 2.24) is 4.90 Å². The van der Waals surface area contributed by atoms with Gasteiger partial charge < -0.3 is 9.47 Å². The number of hydrogen-bond donors (Lipinski definition) is 0. The molecular weight excluding hydrogens is 450 g/mol. The smallest absolute Gasteiger partial charge is 0.266 e. The number of ether oxygens (including phenoxy) is 2. The molecule has 33 heavy (non-hydrogen) atoms. The van der Waals surface area contributed by atoms with Crippen LogP contribution in [-0.2, 0) is 17.9 Å². The minimum atomic E-state index is -0.0771. The molecule has 1 heterocycles. The highest BCUT2D eigenvalue weighted by atomic mass is 32.2. The number of benzene rings is 3. The van der Waals surface area contributed by atoms with Crippen LogP contribution in [0.15, 0.2) is 77.7 Å². The molecule has 4 rings (SSSR count). The zero-order valence-corrected chi connectivity index (χ0v) is 20.2. The predicted molar refractivity (Wildman–Crippen MR) is 138 cm³/mol. The summed E-state index contributed by atoms with van der Waals surface area (Å²) in [6.45, 7) is 5.46. The Morgan fingerprint density at radius 1 is 0.970 bits per heavy atom. The van der Waals surface area contributed by atoms with Crippen LogP contribution >= 0.6 is 24.0 Å². The van der Waals surface area contributed by atoms with Crippen molar-refractivity contribution in [2.24, 2.45) is 0 Å². The minimum Gasteiger partial charge on any atom is -0.490 e. The number of thiocarbonyl (C=S) groups is 1. The van der Waals surface area contributed by atoms with E-state index in [-0.39, 0.29) is 5.91 Å². The largest absolute Gasteiger partial charge is 0.490 e. The van der Waals surface area contributed by atoms with E-state index in [0.29, 0.717) is 40.5 Å². The molecule has 4 nitrogen and oxygen atoms in total. The van der Waals surface area contributed by atoms with Gasteiger partial charge >= 0.3 is 0 Å². The highest BCUT2D eigenvalue weighted by molar-refractivity contribution is 8.26. The van der Waals surface area contributed by atoms with Gasteiger partial charge in [-0.1, -0.05) is 84.6 Å². The molecule has 1 amide bonds. The molecule has 0 aromatic heterocycles. The van der Waals surface area contributed by atoms with E-state index in [0.717, 1.165) is 16.7 Å². The lowest BCUT2D eigenvalue weighted by molar-refractivity contribution is -0.122. The maximum absolute atomic E-state index is 13.0. The van der Waals surface area contributed by atoms with Gasteiger partial charge in [0.2, 0.25) is 0 Å². The number of carbonyl (C=O) groups is 1. The standard InChI is InChI=1S/C27H25NO3S2/c1-3-30-24-15-21(13-14-23(24)31-18-22-12-8-7-9-19(22)2)16-25-26(29)28(27(32)33-25)17-20-10-5-4-6-11-20/h4-16H,3,17-18H2,1-2H3/b25-16+. The number of aryl methyl sites for hydroxylation is 1. The Hall–Kier alpha value is -3.09. The molecule has 0 N–H and O–H groups in total. The first-order chi connectivity index (χ1) is 16.0. The van der Waals surface area contributed by atoms with Crippen molar-refractivity contribution in [2.45, 2.75) is 27.0 Å². The topological polar surface area (TPSA) is 38.8 Å². The zero-order chi connectivity index (χ0) is 23.2. The van der Waals surface area contributed by atoms with Crippen molar-refractivity contribution >= 4 is 40.3 Å². The van der Waals surface area contributed by atoms with Gasteiger partial charge in [-0.2, -0.15) is 0 Å². The molecule has 0 saturated carbocycles. The van der Waals surface area contributed by atoms with E-state index in [1.807, 2.05) is 73.7 Å². The lowest BCUT2D eigenvalue weighted by atomic mass is 10.1. The van der Waals surface area contributed by atoms with Crippen LogP contribution in [0.1, 0.15) is 29.2 Å². The van der Waals surface area contributed by atoms with Gasteiger partial charge in [0.15, 0.2) is 11.5 Å². The van der Waals surface area contributed by atoms with Gasteiger partial charge in [0.25, 0.3) is 5.91 Å². The zero-order valence-electron chi connectivity index (χ0n) is 18.6. The molecule has 1 aliphatic rings. The van der Waals surface area contributed by atoms with Gasteiger partial charge in [0, 0.05) is 0 Å². The van der Waals surface area contributed by atoms with E-state index in [2.05, 4.69) is 19.1 Å². The lowest BCUT2D eigenvalue weighted by Crippen LogP contribution is -2.27. The Kier molecular flexibility index (Phi) is 7.47. The molecule has 3 aromatic carbocycles. The van der Waals surface area contributed by atoms with Crippen molar-refractivity contribution in [3.63, 3.8) is 0 Å². The van der Waals surface area contributed by atoms with E-state index in [1.165, 1.54) is 17.3 Å². The monoisotopic (exact) mass is 475 g/mol. The van der Waals surface area contributed by atoms with Crippen molar-refractivity contribution in [3.05, 3.63) is 100.0 Å². The molecule has 0 bridgehead atoms. The molecule has 168 valence electrons. The second-order valence-corrected chi connectivity index (χ2v) is 9.28. The fourth-order valence-electron chi connectivity index (χ4n) is 3.48. The maximum atomic E-state index is 13.0. The van der Waals surface area contributed by atoms with Crippen LogP contribution in [0.25, 0.3) is 6.08 Å². The van der Waals surface area contributed by atoms with Gasteiger partial charge in [0.1, 0.15) is 10.9 Å². The normalized spacial score (nSPS) is 14.7. The van der Waals surface area contributed by atoms with Gasteiger partial charge in [-0.25, -0.2) is 0 Å². The van der Waals surface area contributed by atoms with E-state index in [4.69, 9.17) is 21.7 Å². The summed E-state index contributed by atoms with van der Waals surface area (Å²) in [5.41, 5.74) is 4.22. The number of carbonyl (C=O) groups excluding carboxylic acids is 1. The number of nitrogens with zero attached hydrogens (tertiary/aromatic N) is 1. The third kappa shape index (κ3) is 5.64. The Morgan fingerprint density at radius 2 is 1.73 bits per heavy atom. The fourth-order valence-corrected chi connectivity index (χ4v) is 4.74. The van der Waals surface area contributed by atoms with Gasteiger partial charge in [-0.15, -0.1) is 0 Å². The number of hydrogen-bond acceptors (Lipinski definition) is 5. The molecule has 0 radical (unpaired) electrons. The molecule has 3 aromatic rings. The molecule has 6 heteroatoms. The van der Waals surface area contributed by atoms with Gasteiger partial charge in [0.05, 0.1) is 18.1 Å². The first-order valence-electron chi connectivity index (χ1n) is 10.8. The van der Waals surface area contributed by atoms with E-state index < -0.39 is 0 Å². The fraction of sp³-hybridized carbons (Fsp3) is 0.185. The van der Waals surface area contributed by atoms with Crippen molar-refractivity contribution in [3.8, 4) is 11.5 Å². The molecule has 0 atom stereocenters. The number of rotatable bonds is 8. The Bertz CT molecular complexity index is 1190. The van der Waals surface area contributed by atoms with Crippen molar-refractivity contribution in [1.29, 1.82) is 0 Å². The van der Waals surface area contributed by atoms with Crippen LogP contribution in [0.5, 0.6) is 11.5 Å². The summed E-state index contributed by atoms with van der Waals surface area (Å²) in [5.74, 6) is 1.25. The third-order valence-electron chi connectivity index (χ3n) is 5.27. The highest BCUT2D eigenvalue weighted by Crippen LogP contribution is 2.36. The summed E-state index contributed by atoms with van der Waals surface area (Å²) < 4.78 is 12.5. The Labute approximate surface area is 204 Å². The molecule has 0 spiro atoms. The first-order valence-corrected chi connectivity index (χ1v) is 12.0. The van der Waals surface area contributed by atoms with E-state index in [9.17, 15) is 4.79 Å². The van der Waals surface area contributed by atoms with Crippen LogP contribution in [0.3, 0.4) is 0 Å². The van der Waals surface area contributed by atoms with Crippen LogP contribution in [0, 0.1) is 6.92 Å². The molecule has 0 unspecified atom stereocenters. The third-order valence-corrected chi connectivity index (χ3v) is 6.64. The van der Waals surface area contributed by atoms with E-state index >= 15 is 0 Å². The summed E-state index contributed by atoms with van der Waals surface area (Å²) in [6.07, 6.45) is 1.86. The van der Waals surface area contributed by atoms with E-state index in [1.54, 1.807) is 4.90 Å². The lowest BCUT2D eigenvalue weighted by Gasteiger charge is -2.14. The average Bonchev–Trinajstić information content (AvgIpc) is 3.08.